The van der Waals surface area contributed by atoms with Crippen LogP contribution >= 0.6 is 0 Å². The predicted molar refractivity (Wildman–Crippen MR) is 130 cm³/mol. The fraction of sp³-hybridized carbons (Fsp3) is 0.346. The zero-order chi connectivity index (χ0) is 23.5. The van der Waals surface area contributed by atoms with Gasteiger partial charge < -0.3 is 15.1 Å². The summed E-state index contributed by atoms with van der Waals surface area (Å²) in [5, 5.41) is 3.04. The molecule has 7 heteroatoms. The maximum Gasteiger partial charge on any atom is 0.321 e. The van der Waals surface area contributed by atoms with E-state index >= 15 is 0 Å². The molecule has 1 N–H and O–H groups in total. The smallest absolute Gasteiger partial charge is 0.321 e. The van der Waals surface area contributed by atoms with Gasteiger partial charge in [0.2, 0.25) is 0 Å². The van der Waals surface area contributed by atoms with E-state index in [9.17, 15) is 9.18 Å². The van der Waals surface area contributed by atoms with Gasteiger partial charge in [-0.2, -0.15) is 0 Å². The maximum absolute atomic E-state index is 13.8. The highest BCUT2D eigenvalue weighted by Gasteiger charge is 2.25. The molecule has 33 heavy (non-hydrogen) atoms. The Balaban J connectivity index is 1.50. The summed E-state index contributed by atoms with van der Waals surface area (Å²) in [4.78, 5) is 26.3. The van der Waals surface area contributed by atoms with Crippen molar-refractivity contribution >= 4 is 17.5 Å². The number of nitrogens with zero attached hydrogens (tertiary/aromatic N) is 4. The Morgan fingerprint density at radius 3 is 2.45 bits per heavy atom. The van der Waals surface area contributed by atoms with Gasteiger partial charge in [0.1, 0.15) is 11.6 Å². The first-order valence-corrected chi connectivity index (χ1v) is 11.4. The van der Waals surface area contributed by atoms with Crippen LogP contribution in [0, 0.1) is 26.6 Å². The van der Waals surface area contributed by atoms with Crippen molar-refractivity contribution in [2.75, 3.05) is 36.4 Å². The number of rotatable bonds is 4. The number of hydrogen-bond acceptors (Lipinski definition) is 4. The van der Waals surface area contributed by atoms with Crippen molar-refractivity contribution in [2.45, 2.75) is 34.1 Å². The highest BCUT2D eigenvalue weighted by molar-refractivity contribution is 5.90. The molecular weight excluding hydrogens is 417 g/mol. The molecule has 3 aromatic rings. The van der Waals surface area contributed by atoms with Gasteiger partial charge in [-0.1, -0.05) is 36.8 Å². The lowest BCUT2D eigenvalue weighted by molar-refractivity contribution is 0.208. The molecule has 2 amide bonds. The van der Waals surface area contributed by atoms with E-state index in [-0.39, 0.29) is 11.8 Å². The minimum atomic E-state index is -0.307. The molecule has 0 radical (unpaired) electrons. The third-order valence-electron chi connectivity index (χ3n) is 6.12. The van der Waals surface area contributed by atoms with Crippen LogP contribution in [0.2, 0.25) is 0 Å². The van der Waals surface area contributed by atoms with Crippen LogP contribution < -0.4 is 10.2 Å². The van der Waals surface area contributed by atoms with Gasteiger partial charge >= 0.3 is 6.03 Å². The number of anilines is 2. The van der Waals surface area contributed by atoms with Crippen LogP contribution in [0.1, 0.15) is 29.3 Å². The van der Waals surface area contributed by atoms with E-state index in [1.807, 2.05) is 43.9 Å². The minimum Gasteiger partial charge on any atom is -0.353 e. The zero-order valence-corrected chi connectivity index (χ0v) is 19.7. The van der Waals surface area contributed by atoms with Crippen molar-refractivity contribution in [2.24, 2.45) is 0 Å². The topological polar surface area (TPSA) is 61.4 Å². The van der Waals surface area contributed by atoms with Gasteiger partial charge in [-0.15, -0.1) is 0 Å². The van der Waals surface area contributed by atoms with Crippen LogP contribution in [0.3, 0.4) is 0 Å². The first-order chi connectivity index (χ1) is 15.9. The van der Waals surface area contributed by atoms with Crippen LogP contribution in [-0.4, -0.2) is 47.1 Å². The molecule has 0 bridgehead atoms. The average molecular weight is 448 g/mol. The molecule has 0 atom stereocenters. The van der Waals surface area contributed by atoms with E-state index in [4.69, 9.17) is 4.98 Å². The standard InChI is InChI=1S/C26H30FN5O/c1-5-22-19(4)28-24(20-7-6-8-21(27)16-20)30-25(22)31-11-13-32(14-12-31)26(33)29-23-10-9-17(2)15-18(23)3/h6-10,15-16H,5,11-14H2,1-4H3,(H,29,33). The number of aromatic nitrogens is 2. The Labute approximate surface area is 194 Å². The number of halogens is 1. The molecule has 2 aromatic carbocycles. The summed E-state index contributed by atoms with van der Waals surface area (Å²) >= 11 is 0. The van der Waals surface area contributed by atoms with Crippen molar-refractivity contribution in [1.82, 2.24) is 14.9 Å². The molecule has 1 aromatic heterocycles. The second-order valence-corrected chi connectivity index (χ2v) is 8.52. The van der Waals surface area contributed by atoms with Crippen molar-refractivity contribution < 1.29 is 9.18 Å². The van der Waals surface area contributed by atoms with Gasteiger partial charge in [0.25, 0.3) is 0 Å². The third kappa shape index (κ3) is 4.97. The molecule has 0 saturated carbocycles. The van der Waals surface area contributed by atoms with Crippen LogP contribution in [0.5, 0.6) is 0 Å². The Morgan fingerprint density at radius 1 is 1.03 bits per heavy atom. The molecule has 1 fully saturated rings. The van der Waals surface area contributed by atoms with Gasteiger partial charge in [-0.3, -0.25) is 0 Å². The lowest BCUT2D eigenvalue weighted by Gasteiger charge is -2.36. The minimum absolute atomic E-state index is 0.0864. The summed E-state index contributed by atoms with van der Waals surface area (Å²) in [6.07, 6.45) is 0.804. The normalized spacial score (nSPS) is 13.8. The highest BCUT2D eigenvalue weighted by Crippen LogP contribution is 2.27. The molecule has 172 valence electrons. The SMILES string of the molecule is CCc1c(C)nc(-c2cccc(F)c2)nc1N1CCN(C(=O)Nc2ccc(C)cc2C)CC1. The number of hydrogen-bond donors (Lipinski definition) is 1. The molecule has 2 heterocycles. The Morgan fingerprint density at radius 2 is 1.79 bits per heavy atom. The fourth-order valence-electron chi connectivity index (χ4n) is 4.28. The summed E-state index contributed by atoms with van der Waals surface area (Å²) in [5.74, 6) is 1.09. The number of carbonyl (C=O) groups excluding carboxylic acids is 1. The van der Waals surface area contributed by atoms with E-state index in [2.05, 4.69) is 28.2 Å². The van der Waals surface area contributed by atoms with E-state index in [0.717, 1.165) is 34.7 Å². The number of benzene rings is 2. The summed E-state index contributed by atoms with van der Waals surface area (Å²) < 4.78 is 13.8. The van der Waals surface area contributed by atoms with Gasteiger partial charge in [0, 0.05) is 48.7 Å². The molecule has 1 saturated heterocycles. The first kappa shape index (κ1) is 22.7. The van der Waals surface area contributed by atoms with Gasteiger partial charge in [-0.05, 0) is 51.0 Å². The van der Waals surface area contributed by atoms with E-state index < -0.39 is 0 Å². The molecule has 0 unspecified atom stereocenters. The fourth-order valence-corrected chi connectivity index (χ4v) is 4.28. The molecule has 1 aliphatic rings. The number of nitrogens with one attached hydrogen (secondary N) is 1. The molecule has 1 aliphatic heterocycles. The second kappa shape index (κ2) is 9.57. The van der Waals surface area contributed by atoms with Crippen LogP contribution in [0.15, 0.2) is 42.5 Å². The Hall–Kier alpha value is -3.48. The Kier molecular flexibility index (Phi) is 6.58. The predicted octanol–water partition coefficient (Wildman–Crippen LogP) is 5.12. The second-order valence-electron chi connectivity index (χ2n) is 8.52. The molecular formula is C26H30FN5O. The van der Waals surface area contributed by atoms with Crippen molar-refractivity contribution in [3.63, 3.8) is 0 Å². The van der Waals surface area contributed by atoms with Crippen molar-refractivity contribution in [3.8, 4) is 11.4 Å². The van der Waals surface area contributed by atoms with Crippen LogP contribution in [0.25, 0.3) is 11.4 Å². The summed E-state index contributed by atoms with van der Waals surface area (Å²) in [7, 11) is 0. The van der Waals surface area contributed by atoms with Crippen molar-refractivity contribution in [1.29, 1.82) is 0 Å². The number of piperazine rings is 1. The summed E-state index contributed by atoms with van der Waals surface area (Å²) in [6.45, 7) is 10.6. The maximum atomic E-state index is 13.8. The average Bonchev–Trinajstić information content (AvgIpc) is 2.80. The van der Waals surface area contributed by atoms with Crippen LogP contribution in [0.4, 0.5) is 20.7 Å². The molecule has 6 nitrogen and oxygen atoms in total. The number of aryl methyl sites for hydroxylation is 3. The summed E-state index contributed by atoms with van der Waals surface area (Å²) in [5.41, 5.74) is 5.71. The van der Waals surface area contributed by atoms with E-state index in [1.54, 1.807) is 6.07 Å². The van der Waals surface area contributed by atoms with Gasteiger partial charge in [0.05, 0.1) is 0 Å². The Bertz CT molecular complexity index is 1170. The lowest BCUT2D eigenvalue weighted by atomic mass is 10.1. The van der Waals surface area contributed by atoms with Crippen molar-refractivity contribution in [3.05, 3.63) is 70.7 Å². The third-order valence-corrected chi connectivity index (χ3v) is 6.12. The number of amides is 2. The van der Waals surface area contributed by atoms with Gasteiger partial charge in [0.15, 0.2) is 5.82 Å². The lowest BCUT2D eigenvalue weighted by Crippen LogP contribution is -2.50. The quantitative estimate of drug-likeness (QED) is 0.603. The first-order valence-electron chi connectivity index (χ1n) is 11.4. The van der Waals surface area contributed by atoms with E-state index in [1.165, 1.54) is 17.7 Å². The largest absolute Gasteiger partial charge is 0.353 e. The monoisotopic (exact) mass is 447 g/mol. The number of carbonyl (C=O) groups is 1. The van der Waals surface area contributed by atoms with E-state index in [0.29, 0.717) is 37.6 Å². The van der Waals surface area contributed by atoms with Gasteiger partial charge in [-0.25, -0.2) is 19.2 Å². The molecule has 0 spiro atoms. The van der Waals surface area contributed by atoms with Crippen LogP contribution in [-0.2, 0) is 6.42 Å². The number of urea groups is 1. The highest BCUT2D eigenvalue weighted by atomic mass is 19.1. The summed E-state index contributed by atoms with van der Waals surface area (Å²) in [6, 6.07) is 12.3. The zero-order valence-electron chi connectivity index (χ0n) is 19.7. The molecule has 0 aliphatic carbocycles. The molecule has 4 rings (SSSR count).